The molecule has 0 radical (unpaired) electrons. The topological polar surface area (TPSA) is 63.4 Å². The van der Waals surface area contributed by atoms with Gasteiger partial charge in [0, 0.05) is 13.1 Å². The van der Waals surface area contributed by atoms with E-state index in [1.807, 2.05) is 6.07 Å². The predicted molar refractivity (Wildman–Crippen MR) is 81.9 cm³/mol. The zero-order chi connectivity index (χ0) is 14.6. The van der Waals surface area contributed by atoms with Crippen LogP contribution in [0.1, 0.15) is 24.8 Å². The molecule has 0 aliphatic carbocycles. The first-order valence-corrected chi connectivity index (χ1v) is 8.99. The Morgan fingerprint density at radius 2 is 1.80 bits per heavy atom. The second-order valence-electron chi connectivity index (χ2n) is 5.85. The Labute approximate surface area is 122 Å². The van der Waals surface area contributed by atoms with Gasteiger partial charge < -0.3 is 5.73 Å². The second-order valence-corrected chi connectivity index (χ2v) is 7.83. The zero-order valence-corrected chi connectivity index (χ0v) is 12.9. The summed E-state index contributed by atoms with van der Waals surface area (Å²) in [6.07, 6.45) is 5.06. The van der Waals surface area contributed by atoms with E-state index in [1.165, 1.54) is 11.8 Å². The van der Waals surface area contributed by atoms with Crippen molar-refractivity contribution in [1.29, 1.82) is 0 Å². The van der Waals surface area contributed by atoms with E-state index in [1.54, 1.807) is 4.31 Å². The van der Waals surface area contributed by atoms with Crippen molar-refractivity contribution in [3.63, 3.8) is 0 Å². The lowest BCUT2D eigenvalue weighted by atomic mass is 9.75. The molecule has 1 aromatic carbocycles. The standard InChI is InChI=1S/C15H24N2O2S/c1-20(18,19)17-11-9-15(13-16,10-12-17)8-7-14-5-3-2-4-6-14/h2-6H,7-13,16H2,1H3. The Hall–Kier alpha value is -0.910. The van der Waals surface area contributed by atoms with Crippen molar-refractivity contribution in [2.75, 3.05) is 25.9 Å². The Kier molecular flexibility index (Phi) is 4.83. The molecule has 1 heterocycles. The lowest BCUT2D eigenvalue weighted by Gasteiger charge is -2.40. The van der Waals surface area contributed by atoms with E-state index in [0.717, 1.165) is 25.7 Å². The van der Waals surface area contributed by atoms with Gasteiger partial charge in [-0.2, -0.15) is 0 Å². The van der Waals surface area contributed by atoms with Gasteiger partial charge in [0.05, 0.1) is 6.26 Å². The van der Waals surface area contributed by atoms with E-state index in [2.05, 4.69) is 24.3 Å². The lowest BCUT2D eigenvalue weighted by molar-refractivity contribution is 0.150. The average Bonchev–Trinajstić information content (AvgIpc) is 2.46. The van der Waals surface area contributed by atoms with Crippen LogP contribution in [0.25, 0.3) is 0 Å². The van der Waals surface area contributed by atoms with Gasteiger partial charge in [0.2, 0.25) is 10.0 Å². The molecule has 0 aromatic heterocycles. The summed E-state index contributed by atoms with van der Waals surface area (Å²) in [6.45, 7) is 1.84. The van der Waals surface area contributed by atoms with Crippen LogP contribution in [-0.4, -0.2) is 38.6 Å². The molecular formula is C15H24N2O2S. The summed E-state index contributed by atoms with van der Waals surface area (Å²) < 4.78 is 24.7. The number of sulfonamides is 1. The number of aryl methyl sites for hydroxylation is 1. The van der Waals surface area contributed by atoms with Crippen molar-refractivity contribution in [2.24, 2.45) is 11.1 Å². The molecule has 20 heavy (non-hydrogen) atoms. The maximum atomic E-state index is 11.6. The molecule has 0 bridgehead atoms. The molecule has 112 valence electrons. The van der Waals surface area contributed by atoms with Crippen LogP contribution in [0.4, 0.5) is 0 Å². The smallest absolute Gasteiger partial charge is 0.211 e. The van der Waals surface area contributed by atoms with Crippen LogP contribution >= 0.6 is 0 Å². The van der Waals surface area contributed by atoms with Crippen LogP contribution in [0.3, 0.4) is 0 Å². The van der Waals surface area contributed by atoms with Crippen LogP contribution in [0.5, 0.6) is 0 Å². The molecule has 0 saturated carbocycles. The largest absolute Gasteiger partial charge is 0.330 e. The fraction of sp³-hybridized carbons (Fsp3) is 0.600. The van der Waals surface area contributed by atoms with Gasteiger partial charge in [-0.3, -0.25) is 0 Å². The highest BCUT2D eigenvalue weighted by Crippen LogP contribution is 2.35. The number of rotatable bonds is 5. The van der Waals surface area contributed by atoms with E-state index in [-0.39, 0.29) is 5.41 Å². The minimum atomic E-state index is -3.06. The molecule has 0 spiro atoms. The summed E-state index contributed by atoms with van der Waals surface area (Å²) in [5.41, 5.74) is 7.41. The van der Waals surface area contributed by atoms with Crippen LogP contribution in [0.15, 0.2) is 30.3 Å². The molecule has 1 fully saturated rings. The normalized spacial score (nSPS) is 19.9. The minimum Gasteiger partial charge on any atom is -0.330 e. The van der Waals surface area contributed by atoms with E-state index in [9.17, 15) is 8.42 Å². The summed E-state index contributed by atoms with van der Waals surface area (Å²) in [4.78, 5) is 0. The summed E-state index contributed by atoms with van der Waals surface area (Å²) >= 11 is 0. The number of nitrogens with two attached hydrogens (primary N) is 1. The number of piperidine rings is 1. The second kappa shape index (κ2) is 6.24. The van der Waals surface area contributed by atoms with Gasteiger partial charge in [-0.1, -0.05) is 30.3 Å². The highest BCUT2D eigenvalue weighted by molar-refractivity contribution is 7.88. The monoisotopic (exact) mass is 296 g/mol. The van der Waals surface area contributed by atoms with Gasteiger partial charge in [0.15, 0.2) is 0 Å². The minimum absolute atomic E-state index is 0.0943. The Balaban J connectivity index is 1.95. The van der Waals surface area contributed by atoms with E-state index >= 15 is 0 Å². The summed E-state index contributed by atoms with van der Waals surface area (Å²) in [5.74, 6) is 0. The SMILES string of the molecule is CS(=O)(=O)N1CCC(CN)(CCc2ccccc2)CC1. The van der Waals surface area contributed by atoms with E-state index in [0.29, 0.717) is 19.6 Å². The highest BCUT2D eigenvalue weighted by Gasteiger charge is 2.35. The first-order valence-electron chi connectivity index (χ1n) is 7.14. The molecule has 0 unspecified atom stereocenters. The van der Waals surface area contributed by atoms with Crippen LogP contribution in [0, 0.1) is 5.41 Å². The van der Waals surface area contributed by atoms with Crippen LogP contribution in [-0.2, 0) is 16.4 Å². The van der Waals surface area contributed by atoms with Gasteiger partial charge in [-0.15, -0.1) is 0 Å². The Morgan fingerprint density at radius 3 is 2.30 bits per heavy atom. The van der Waals surface area contributed by atoms with Gasteiger partial charge in [-0.05, 0) is 43.2 Å². The molecule has 1 aliphatic heterocycles. The lowest BCUT2D eigenvalue weighted by Crippen LogP contribution is -2.46. The molecular weight excluding hydrogens is 272 g/mol. The molecule has 0 atom stereocenters. The van der Waals surface area contributed by atoms with Crippen molar-refractivity contribution >= 4 is 10.0 Å². The predicted octanol–water partition coefficient (Wildman–Crippen LogP) is 1.62. The Bertz CT molecular complexity index is 520. The summed E-state index contributed by atoms with van der Waals surface area (Å²) in [6, 6.07) is 10.4. The third kappa shape index (κ3) is 3.81. The number of hydrogen-bond donors (Lipinski definition) is 1. The molecule has 5 heteroatoms. The number of nitrogens with zero attached hydrogens (tertiary/aromatic N) is 1. The quantitative estimate of drug-likeness (QED) is 0.898. The molecule has 2 rings (SSSR count). The van der Waals surface area contributed by atoms with Crippen molar-refractivity contribution in [3.8, 4) is 0 Å². The van der Waals surface area contributed by atoms with Gasteiger partial charge in [0.1, 0.15) is 0 Å². The maximum Gasteiger partial charge on any atom is 0.211 e. The molecule has 0 amide bonds. The molecule has 1 aromatic rings. The van der Waals surface area contributed by atoms with Gasteiger partial charge in [-0.25, -0.2) is 12.7 Å². The third-order valence-corrected chi connectivity index (χ3v) is 5.78. The number of hydrogen-bond acceptors (Lipinski definition) is 3. The van der Waals surface area contributed by atoms with E-state index in [4.69, 9.17) is 5.73 Å². The molecule has 1 saturated heterocycles. The Morgan fingerprint density at radius 1 is 1.20 bits per heavy atom. The first-order chi connectivity index (χ1) is 9.45. The maximum absolute atomic E-state index is 11.6. The van der Waals surface area contributed by atoms with Crippen molar-refractivity contribution in [3.05, 3.63) is 35.9 Å². The summed E-state index contributed by atoms with van der Waals surface area (Å²) in [5, 5.41) is 0. The highest BCUT2D eigenvalue weighted by atomic mass is 32.2. The van der Waals surface area contributed by atoms with Crippen molar-refractivity contribution in [2.45, 2.75) is 25.7 Å². The fourth-order valence-electron chi connectivity index (χ4n) is 2.90. The molecule has 1 aliphatic rings. The van der Waals surface area contributed by atoms with Crippen LogP contribution in [0.2, 0.25) is 0 Å². The van der Waals surface area contributed by atoms with Crippen LogP contribution < -0.4 is 5.73 Å². The van der Waals surface area contributed by atoms with Crippen molar-refractivity contribution in [1.82, 2.24) is 4.31 Å². The molecule has 2 N–H and O–H groups in total. The van der Waals surface area contributed by atoms with E-state index < -0.39 is 10.0 Å². The van der Waals surface area contributed by atoms with Gasteiger partial charge >= 0.3 is 0 Å². The zero-order valence-electron chi connectivity index (χ0n) is 12.1. The van der Waals surface area contributed by atoms with Gasteiger partial charge in [0.25, 0.3) is 0 Å². The average molecular weight is 296 g/mol. The number of benzene rings is 1. The van der Waals surface area contributed by atoms with Crippen molar-refractivity contribution < 1.29 is 8.42 Å². The summed E-state index contributed by atoms with van der Waals surface area (Å²) in [7, 11) is -3.06. The first kappa shape index (κ1) is 15.5. The molecule has 4 nitrogen and oxygen atoms in total. The fourth-order valence-corrected chi connectivity index (χ4v) is 3.75. The third-order valence-electron chi connectivity index (χ3n) is 4.47.